The van der Waals surface area contributed by atoms with Gasteiger partial charge in [-0.25, -0.2) is 9.48 Å². The molecule has 14 nitrogen and oxygen atoms in total. The number of hydrogen-bond acceptors (Lipinski definition) is 11. The lowest BCUT2D eigenvalue weighted by atomic mass is 9.92. The smallest absolute Gasteiger partial charge is 0.446 e. The molecule has 3 aromatic carbocycles. The van der Waals surface area contributed by atoms with Crippen LogP contribution in [0.4, 0.5) is 16.3 Å². The van der Waals surface area contributed by atoms with Crippen LogP contribution < -0.4 is 24.5 Å². The molecule has 7 rings (SSSR count). The van der Waals surface area contributed by atoms with Gasteiger partial charge in [-0.3, -0.25) is 14.8 Å². The van der Waals surface area contributed by atoms with Gasteiger partial charge in [0.1, 0.15) is 17.3 Å². The van der Waals surface area contributed by atoms with E-state index in [1.54, 1.807) is 6.07 Å². The Balaban J connectivity index is 1.02. The second-order valence-corrected chi connectivity index (χ2v) is 15.9. The van der Waals surface area contributed by atoms with Gasteiger partial charge in [-0.05, 0) is 36.4 Å². The van der Waals surface area contributed by atoms with Crippen molar-refractivity contribution in [3.63, 3.8) is 0 Å². The molecule has 52 heavy (non-hydrogen) atoms. The molecule has 4 heterocycles. The molecule has 1 unspecified atom stereocenters. The molecule has 0 radical (unpaired) electrons. The maximum absolute atomic E-state index is 13.3. The van der Waals surface area contributed by atoms with E-state index in [1.165, 1.54) is 27.8 Å². The Morgan fingerprint density at radius 3 is 2.60 bits per heavy atom. The van der Waals surface area contributed by atoms with E-state index in [-0.39, 0.29) is 28.2 Å². The number of ether oxygens (including phenoxy) is 2. The molecule has 2 amide bonds. The average Bonchev–Trinajstić information content (AvgIpc) is 3.80. The molecule has 274 valence electrons. The molecule has 1 saturated heterocycles. The Labute approximate surface area is 311 Å². The van der Waals surface area contributed by atoms with Crippen molar-refractivity contribution in [2.45, 2.75) is 43.1 Å². The number of fused-ring (bicyclic) bond motifs is 3. The van der Waals surface area contributed by atoms with Crippen molar-refractivity contribution in [1.29, 1.82) is 0 Å². The number of benzene rings is 3. The molecular weight excluding hydrogens is 730 g/mol. The summed E-state index contributed by atoms with van der Waals surface area (Å²) in [6.45, 7) is 10.3. The fourth-order valence-electron chi connectivity index (χ4n) is 5.90. The van der Waals surface area contributed by atoms with Crippen LogP contribution in [0.1, 0.15) is 32.0 Å². The monoisotopic (exact) mass is 767 g/mol. The number of thioether (sulfide) groups is 1. The van der Waals surface area contributed by atoms with Crippen LogP contribution in [0.3, 0.4) is 0 Å². The molecule has 1 aromatic heterocycles. The van der Waals surface area contributed by atoms with Crippen LogP contribution in [0, 0.1) is 0 Å². The van der Waals surface area contributed by atoms with Crippen LogP contribution in [-0.2, 0) is 27.1 Å². The predicted octanol–water partition coefficient (Wildman–Crippen LogP) is 6.39. The summed E-state index contributed by atoms with van der Waals surface area (Å²) in [6, 6.07) is 19.1. The van der Waals surface area contributed by atoms with Crippen LogP contribution in [0.2, 0.25) is 5.02 Å². The van der Waals surface area contributed by atoms with Crippen molar-refractivity contribution in [2.24, 2.45) is 0 Å². The van der Waals surface area contributed by atoms with E-state index >= 15 is 0 Å². The number of para-hydroxylation sites is 1. The van der Waals surface area contributed by atoms with Gasteiger partial charge in [0.05, 0.1) is 42.0 Å². The molecule has 0 aliphatic carbocycles. The van der Waals surface area contributed by atoms with Gasteiger partial charge >= 0.3 is 16.4 Å². The number of nitrogens with one attached hydrogen (secondary N) is 2. The maximum Gasteiger partial charge on any atom is 0.446 e. The fraction of sp³-hybridized carbons (Fsp3) is 0.314. The Morgan fingerprint density at radius 2 is 1.85 bits per heavy atom. The number of rotatable bonds is 10. The first-order valence-electron chi connectivity index (χ1n) is 16.5. The number of hydrogen-bond donors (Lipinski definition) is 3. The first-order chi connectivity index (χ1) is 24.8. The summed E-state index contributed by atoms with van der Waals surface area (Å²) in [5.74, 6) is 1.38. The van der Waals surface area contributed by atoms with Crippen LogP contribution in [0.15, 0.2) is 84.0 Å². The average molecular weight is 768 g/mol. The second kappa shape index (κ2) is 14.5. The summed E-state index contributed by atoms with van der Waals surface area (Å²) in [4.78, 5) is 21.5. The first-order valence-corrected chi connectivity index (χ1v) is 19.1. The van der Waals surface area contributed by atoms with Gasteiger partial charge in [0, 0.05) is 60.0 Å². The lowest BCUT2D eigenvalue weighted by molar-refractivity contribution is 0.0183. The Kier molecular flexibility index (Phi) is 10.0. The molecule has 0 bridgehead atoms. The van der Waals surface area contributed by atoms with E-state index in [2.05, 4.69) is 53.1 Å². The number of halogens is 1. The maximum atomic E-state index is 13.3. The highest BCUT2D eigenvalue weighted by Crippen LogP contribution is 2.49. The van der Waals surface area contributed by atoms with Crippen molar-refractivity contribution in [2.75, 3.05) is 43.2 Å². The van der Waals surface area contributed by atoms with Gasteiger partial charge in [-0.2, -0.15) is 13.5 Å². The minimum atomic E-state index is -4.77. The molecule has 0 spiro atoms. The minimum Gasteiger partial charge on any atom is -0.457 e. The number of nitrogens with zero attached hydrogens (tertiary/aromatic N) is 5. The third-order valence-electron chi connectivity index (χ3n) is 8.56. The molecule has 0 saturated carbocycles. The Bertz CT molecular complexity index is 2120. The van der Waals surface area contributed by atoms with E-state index in [4.69, 9.17) is 25.6 Å². The highest BCUT2D eigenvalue weighted by Gasteiger charge is 2.37. The summed E-state index contributed by atoms with van der Waals surface area (Å²) >= 11 is 8.06. The molecule has 3 aliphatic rings. The minimum absolute atomic E-state index is 0.0838. The van der Waals surface area contributed by atoms with E-state index < -0.39 is 16.4 Å². The number of carbonyl (C=O) groups excluding carboxylic acids is 1. The Morgan fingerprint density at radius 1 is 1.06 bits per heavy atom. The van der Waals surface area contributed by atoms with Gasteiger partial charge < -0.3 is 28.8 Å². The van der Waals surface area contributed by atoms with Crippen molar-refractivity contribution >= 4 is 51.3 Å². The summed E-state index contributed by atoms with van der Waals surface area (Å²) in [5.41, 5.74) is 2.74. The molecule has 1 atom stereocenters. The van der Waals surface area contributed by atoms with E-state index in [0.717, 1.165) is 44.2 Å². The van der Waals surface area contributed by atoms with Gasteiger partial charge in [0.25, 0.3) is 0 Å². The molecule has 1 fully saturated rings. The first kappa shape index (κ1) is 35.9. The topological polar surface area (TPSA) is 151 Å². The van der Waals surface area contributed by atoms with Crippen molar-refractivity contribution in [1.82, 2.24) is 24.9 Å². The highest BCUT2D eigenvalue weighted by atomic mass is 35.5. The lowest BCUT2D eigenvalue weighted by Crippen LogP contribution is -2.45. The predicted molar refractivity (Wildman–Crippen MR) is 199 cm³/mol. The molecular formula is C35H38ClN7O7S2. The quantitative estimate of drug-likeness (QED) is 0.154. The molecule has 3 aliphatic heterocycles. The number of carbonyl (C=O) groups is 1. The van der Waals surface area contributed by atoms with Gasteiger partial charge in [0.15, 0.2) is 11.2 Å². The summed E-state index contributed by atoms with van der Waals surface area (Å²) in [5, 5.41) is 10.4. The summed E-state index contributed by atoms with van der Waals surface area (Å²) < 4.78 is 49.4. The van der Waals surface area contributed by atoms with E-state index in [1.807, 2.05) is 68.9 Å². The summed E-state index contributed by atoms with van der Waals surface area (Å²) in [7, 11) is -4.77. The van der Waals surface area contributed by atoms with E-state index in [0.29, 0.717) is 28.7 Å². The number of aromatic nitrogens is 2. The number of morpholine rings is 1. The summed E-state index contributed by atoms with van der Waals surface area (Å²) in [6.07, 6.45) is 4.25. The van der Waals surface area contributed by atoms with Crippen LogP contribution in [0.5, 0.6) is 17.2 Å². The van der Waals surface area contributed by atoms with Crippen molar-refractivity contribution < 1.29 is 31.4 Å². The zero-order valence-electron chi connectivity index (χ0n) is 28.7. The highest BCUT2D eigenvalue weighted by molar-refractivity contribution is 8.00. The van der Waals surface area contributed by atoms with E-state index in [9.17, 15) is 13.2 Å². The number of anilines is 2. The largest absolute Gasteiger partial charge is 0.457 e. The lowest BCUT2D eigenvalue weighted by Gasteiger charge is -2.33. The molecule has 3 N–H and O–H groups in total. The zero-order chi connectivity index (χ0) is 36.6. The molecule has 4 aromatic rings. The third-order valence-corrected chi connectivity index (χ3v) is 10.6. The second-order valence-electron chi connectivity index (χ2n) is 13.4. The fourth-order valence-corrected chi connectivity index (χ4v) is 7.76. The van der Waals surface area contributed by atoms with Crippen molar-refractivity contribution in [3.8, 4) is 22.9 Å². The number of amides is 2. The van der Waals surface area contributed by atoms with Crippen LogP contribution >= 0.6 is 23.4 Å². The molecule has 17 heteroatoms. The van der Waals surface area contributed by atoms with Gasteiger partial charge in [-0.1, -0.05) is 62.3 Å². The Hall–Kier alpha value is -4.45. The SMILES string of the molecule is CC(C)(C)c1cc(NC(=O)NCc2ccccc2Oc2ccc3c(c2)N2C=CN(CN4CCOCC4)C2S3)n(-c2ccc(OS(=O)(=O)O)c(Cl)c2)n1. The zero-order valence-corrected chi connectivity index (χ0v) is 31.0. The van der Waals surface area contributed by atoms with Crippen LogP contribution in [-0.4, -0.2) is 77.1 Å². The number of urea groups is 1. The standard InChI is InChI=1S/C35H38ClN7O7S2/c1-35(2,3)31-20-32(43(39-31)24-8-10-29(26(36)18-24)50-52(45,46)47)38-33(44)37-21-23-6-4-5-7-28(23)49-25-9-11-30-27(19-25)42-13-12-41(34(42)51-30)22-40-14-16-48-17-15-40/h4-13,18-20,34H,14-17,21-22H2,1-3H3,(H2,37,38,44)(H,45,46,47). The normalized spacial score (nSPS) is 17.2. The van der Waals surface area contributed by atoms with Gasteiger partial charge in [0.2, 0.25) is 0 Å². The van der Waals surface area contributed by atoms with Gasteiger partial charge in [-0.15, -0.1) is 0 Å². The van der Waals surface area contributed by atoms with Crippen molar-refractivity contribution in [3.05, 3.63) is 95.4 Å². The van der Waals surface area contributed by atoms with Crippen LogP contribution in [0.25, 0.3) is 5.69 Å². The third kappa shape index (κ3) is 8.11.